The van der Waals surface area contributed by atoms with Crippen LogP contribution in [0.4, 0.5) is 0 Å². The Morgan fingerprint density at radius 3 is 2.60 bits per heavy atom. The average Bonchev–Trinajstić information content (AvgIpc) is 3.02. The van der Waals surface area contributed by atoms with Crippen molar-refractivity contribution in [3.63, 3.8) is 0 Å². The number of benzene rings is 1. The van der Waals surface area contributed by atoms with Crippen LogP contribution in [0.3, 0.4) is 0 Å². The number of aliphatic imine (C=N–C) groups is 1. The molecule has 1 aliphatic heterocycles. The Bertz CT molecular complexity index is 1060. The van der Waals surface area contributed by atoms with Gasteiger partial charge in [-0.1, -0.05) is 44.1 Å². The number of aliphatic hydroxyl groups excluding tert-OH is 2. The lowest BCUT2D eigenvalue weighted by Gasteiger charge is -2.24. The number of carbonyl (C=O) groups is 1. The maximum absolute atomic E-state index is 11.6. The molecular formula is C24H28N2O4. The second kappa shape index (κ2) is 8.20. The molecule has 0 bridgehead atoms. The number of rotatable bonds is 3. The second-order valence-corrected chi connectivity index (χ2v) is 8.18. The minimum atomic E-state index is -1.13. The lowest BCUT2D eigenvalue weighted by Crippen LogP contribution is -2.34. The number of fused-ring (bicyclic) bond motifs is 3. The van der Waals surface area contributed by atoms with Crippen LogP contribution in [-0.4, -0.2) is 50.8 Å². The van der Waals surface area contributed by atoms with Gasteiger partial charge in [0.05, 0.1) is 23.5 Å². The van der Waals surface area contributed by atoms with Crippen molar-refractivity contribution in [3.8, 4) is 0 Å². The Morgan fingerprint density at radius 1 is 1.23 bits per heavy atom. The zero-order valence-electron chi connectivity index (χ0n) is 17.2. The molecule has 2 aromatic rings. The smallest absolute Gasteiger partial charge is 0.335 e. The monoisotopic (exact) mass is 408 g/mol. The highest BCUT2D eigenvalue weighted by molar-refractivity contribution is 6.27. The van der Waals surface area contributed by atoms with E-state index in [2.05, 4.69) is 11.6 Å². The van der Waals surface area contributed by atoms with Crippen LogP contribution >= 0.6 is 0 Å². The van der Waals surface area contributed by atoms with Crippen LogP contribution in [0.15, 0.2) is 41.9 Å². The molecule has 4 rings (SSSR count). The molecule has 0 spiro atoms. The number of carboxylic acids is 1. The van der Waals surface area contributed by atoms with E-state index in [1.54, 1.807) is 25.3 Å². The third-order valence-corrected chi connectivity index (χ3v) is 6.43. The molecule has 1 saturated carbocycles. The van der Waals surface area contributed by atoms with Gasteiger partial charge in [-0.25, -0.2) is 4.79 Å². The predicted molar refractivity (Wildman–Crippen MR) is 118 cm³/mol. The molecule has 1 aliphatic carbocycles. The Balaban J connectivity index is 2.09. The van der Waals surface area contributed by atoms with Crippen LogP contribution in [0.2, 0.25) is 0 Å². The molecule has 0 saturated heterocycles. The maximum atomic E-state index is 11.6. The van der Waals surface area contributed by atoms with Crippen molar-refractivity contribution < 1.29 is 20.1 Å². The first-order valence-electron chi connectivity index (χ1n) is 10.5. The normalized spacial score (nSPS) is 25.4. The molecule has 0 amide bonds. The number of hydrogen-bond acceptors (Lipinski definition) is 4. The van der Waals surface area contributed by atoms with E-state index in [-0.39, 0.29) is 12.1 Å². The summed E-state index contributed by atoms with van der Waals surface area (Å²) < 4.78 is 1.97. The van der Waals surface area contributed by atoms with E-state index >= 15 is 0 Å². The quantitative estimate of drug-likeness (QED) is 0.721. The minimum Gasteiger partial charge on any atom is -0.478 e. The van der Waals surface area contributed by atoms with Gasteiger partial charge in [0.1, 0.15) is 12.2 Å². The van der Waals surface area contributed by atoms with Gasteiger partial charge in [0, 0.05) is 23.5 Å². The van der Waals surface area contributed by atoms with Gasteiger partial charge in [0.25, 0.3) is 0 Å². The SMILES string of the molecule is C=C/C=C1\C(=NC)[C@H](O)[C@H](O)Cn2c1c(C1CCCCC1)c1ccc(C(=O)O)cc12. The topological polar surface area (TPSA) is 95.1 Å². The number of allylic oxidation sites excluding steroid dienone is 2. The second-order valence-electron chi connectivity index (χ2n) is 8.18. The molecule has 0 unspecified atom stereocenters. The molecule has 1 aromatic heterocycles. The van der Waals surface area contributed by atoms with Crippen LogP contribution in [0.1, 0.15) is 59.6 Å². The summed E-state index contributed by atoms with van der Waals surface area (Å²) in [6.07, 6.45) is 6.99. The van der Waals surface area contributed by atoms with Crippen LogP contribution in [0.25, 0.3) is 16.5 Å². The van der Waals surface area contributed by atoms with Crippen molar-refractivity contribution in [2.24, 2.45) is 4.99 Å². The molecule has 0 radical (unpaired) electrons. The van der Waals surface area contributed by atoms with Crippen molar-refractivity contribution in [2.75, 3.05) is 7.05 Å². The molecule has 2 heterocycles. The highest BCUT2D eigenvalue weighted by Crippen LogP contribution is 2.44. The number of hydrogen-bond donors (Lipinski definition) is 3. The average molecular weight is 408 g/mol. The summed E-state index contributed by atoms with van der Waals surface area (Å²) in [7, 11) is 1.61. The van der Waals surface area contributed by atoms with Gasteiger partial charge in [0.2, 0.25) is 0 Å². The molecule has 1 aromatic carbocycles. The van der Waals surface area contributed by atoms with Gasteiger partial charge < -0.3 is 19.9 Å². The molecule has 6 heteroatoms. The number of nitrogens with zero attached hydrogens (tertiary/aromatic N) is 2. The van der Waals surface area contributed by atoms with E-state index in [1.807, 2.05) is 16.7 Å². The fraction of sp³-hybridized carbons (Fsp3) is 0.417. The molecule has 2 aliphatic rings. The van der Waals surface area contributed by atoms with Crippen LogP contribution in [-0.2, 0) is 6.54 Å². The summed E-state index contributed by atoms with van der Waals surface area (Å²) in [4.78, 5) is 16.0. The minimum absolute atomic E-state index is 0.163. The van der Waals surface area contributed by atoms with Crippen molar-refractivity contribution in [1.82, 2.24) is 4.57 Å². The fourth-order valence-electron chi connectivity index (χ4n) is 5.08. The van der Waals surface area contributed by atoms with Crippen molar-refractivity contribution in [1.29, 1.82) is 0 Å². The first-order valence-corrected chi connectivity index (χ1v) is 10.5. The van der Waals surface area contributed by atoms with E-state index < -0.39 is 18.2 Å². The molecule has 2 atom stereocenters. The Kier molecular flexibility index (Phi) is 5.62. The predicted octanol–water partition coefficient (Wildman–Crippen LogP) is 3.76. The largest absolute Gasteiger partial charge is 0.478 e. The third kappa shape index (κ3) is 3.30. The summed E-state index contributed by atoms with van der Waals surface area (Å²) in [5.41, 5.74) is 4.22. The third-order valence-electron chi connectivity index (χ3n) is 6.43. The number of aromatic carboxylic acids is 1. The Labute approximate surface area is 175 Å². The maximum Gasteiger partial charge on any atom is 0.335 e. The molecule has 30 heavy (non-hydrogen) atoms. The number of aromatic nitrogens is 1. The van der Waals surface area contributed by atoms with E-state index in [0.717, 1.165) is 53.4 Å². The lowest BCUT2D eigenvalue weighted by molar-refractivity contribution is 0.0510. The highest BCUT2D eigenvalue weighted by atomic mass is 16.4. The molecule has 3 N–H and O–H groups in total. The van der Waals surface area contributed by atoms with Crippen LogP contribution in [0.5, 0.6) is 0 Å². The Morgan fingerprint density at radius 2 is 1.97 bits per heavy atom. The first-order chi connectivity index (χ1) is 14.5. The summed E-state index contributed by atoms with van der Waals surface area (Å²) in [6, 6.07) is 5.21. The van der Waals surface area contributed by atoms with E-state index in [4.69, 9.17) is 0 Å². The van der Waals surface area contributed by atoms with Gasteiger partial charge in [0.15, 0.2) is 0 Å². The molecular weight excluding hydrogens is 380 g/mol. The van der Waals surface area contributed by atoms with E-state index in [0.29, 0.717) is 11.6 Å². The number of carboxylic acid groups (broad SMARTS) is 1. The molecule has 1 fully saturated rings. The Hall–Kier alpha value is -2.70. The summed E-state index contributed by atoms with van der Waals surface area (Å²) in [6.45, 7) is 4.01. The molecule has 6 nitrogen and oxygen atoms in total. The summed E-state index contributed by atoms with van der Waals surface area (Å²) in [5.74, 6) is -0.648. The van der Waals surface area contributed by atoms with E-state index in [1.165, 1.54) is 6.42 Å². The fourth-order valence-corrected chi connectivity index (χ4v) is 5.08. The zero-order valence-corrected chi connectivity index (χ0v) is 17.2. The zero-order chi connectivity index (χ0) is 21.4. The van der Waals surface area contributed by atoms with Crippen molar-refractivity contribution in [3.05, 3.63) is 53.8 Å². The van der Waals surface area contributed by atoms with Gasteiger partial charge in [-0.2, -0.15) is 0 Å². The summed E-state index contributed by atoms with van der Waals surface area (Å²) >= 11 is 0. The first kappa shape index (κ1) is 20.6. The summed E-state index contributed by atoms with van der Waals surface area (Å²) in [5, 5.41) is 32.0. The van der Waals surface area contributed by atoms with Gasteiger partial charge in [-0.05, 0) is 36.5 Å². The van der Waals surface area contributed by atoms with Gasteiger partial charge >= 0.3 is 5.97 Å². The number of aliphatic hydroxyl groups is 2. The van der Waals surface area contributed by atoms with Gasteiger partial charge in [-0.15, -0.1) is 0 Å². The van der Waals surface area contributed by atoms with Crippen LogP contribution in [0, 0.1) is 0 Å². The lowest BCUT2D eigenvalue weighted by atomic mass is 9.81. The molecule has 158 valence electrons. The van der Waals surface area contributed by atoms with Gasteiger partial charge in [-0.3, -0.25) is 4.99 Å². The van der Waals surface area contributed by atoms with E-state index in [9.17, 15) is 20.1 Å². The van der Waals surface area contributed by atoms with Crippen molar-refractivity contribution >= 4 is 28.2 Å². The van der Waals surface area contributed by atoms with Crippen LogP contribution < -0.4 is 0 Å². The highest BCUT2D eigenvalue weighted by Gasteiger charge is 2.36. The van der Waals surface area contributed by atoms with Crippen molar-refractivity contribution in [2.45, 2.75) is 56.8 Å². The standard InChI is InChI=1S/C24H28N2O4/c1-3-7-17-21(25-2)23(28)19(27)13-26-18-12-15(24(29)30)10-11-16(18)20(22(17)26)14-8-5-4-6-9-14/h3,7,10-12,14,19,23,27-28H,1,4-6,8-9,13H2,2H3,(H,29,30)/b17-7+,25-21?/t19-,23-/m1/s1.